The third-order valence-electron chi connectivity index (χ3n) is 3.77. The summed E-state index contributed by atoms with van der Waals surface area (Å²) in [5, 5.41) is 11.0. The van der Waals surface area contributed by atoms with E-state index in [1.165, 1.54) is 11.1 Å². The number of halogens is 1. The highest BCUT2D eigenvalue weighted by Crippen LogP contribution is 2.34. The van der Waals surface area contributed by atoms with Crippen molar-refractivity contribution in [3.63, 3.8) is 0 Å². The number of benzene rings is 3. The number of nitro benzene ring substituents is 1. The fraction of sp³-hybridized carbons (Fsp3) is 0.0526. The zero-order chi connectivity index (χ0) is 16.2. The van der Waals surface area contributed by atoms with E-state index in [4.69, 9.17) is 0 Å². The van der Waals surface area contributed by atoms with Crippen molar-refractivity contribution in [3.8, 4) is 0 Å². The molecule has 4 heteroatoms. The zero-order valence-electron chi connectivity index (χ0n) is 12.2. The Morgan fingerprint density at radius 1 is 0.783 bits per heavy atom. The van der Waals surface area contributed by atoms with E-state index in [-0.39, 0.29) is 16.5 Å². The van der Waals surface area contributed by atoms with Crippen molar-refractivity contribution in [2.75, 3.05) is 0 Å². The summed E-state index contributed by atoms with van der Waals surface area (Å²) in [5.74, 6) is 0.0618. The van der Waals surface area contributed by atoms with E-state index in [1.807, 2.05) is 71.1 Å². The molecule has 0 aliphatic heterocycles. The van der Waals surface area contributed by atoms with E-state index < -0.39 is 0 Å². The zero-order valence-corrected chi connectivity index (χ0v) is 14.4. The van der Waals surface area contributed by atoms with E-state index in [0.717, 1.165) is 5.56 Å². The van der Waals surface area contributed by atoms with Gasteiger partial charge in [0, 0.05) is 12.0 Å². The average Bonchev–Trinajstić information content (AvgIpc) is 2.57. The van der Waals surface area contributed by atoms with Crippen molar-refractivity contribution >= 4 is 28.3 Å². The molecular formula is C19H14INO2. The molecule has 0 spiro atoms. The Morgan fingerprint density at radius 2 is 1.30 bits per heavy atom. The fourth-order valence-corrected chi connectivity index (χ4v) is 3.46. The predicted octanol–water partition coefficient (Wildman–Crippen LogP) is 5.38. The maximum atomic E-state index is 11.0. The second kappa shape index (κ2) is 6.91. The largest absolute Gasteiger partial charge is 0.282 e. The second-order valence-electron chi connectivity index (χ2n) is 5.22. The molecule has 0 bridgehead atoms. The molecule has 23 heavy (non-hydrogen) atoms. The van der Waals surface area contributed by atoms with Gasteiger partial charge in [0.15, 0.2) is 0 Å². The average molecular weight is 415 g/mol. The van der Waals surface area contributed by atoms with Gasteiger partial charge in [0.05, 0.1) is 8.49 Å². The van der Waals surface area contributed by atoms with E-state index in [1.54, 1.807) is 6.07 Å². The third-order valence-corrected chi connectivity index (χ3v) is 4.63. The topological polar surface area (TPSA) is 43.1 Å². The molecule has 0 aromatic heterocycles. The van der Waals surface area contributed by atoms with Crippen LogP contribution in [0.1, 0.15) is 22.6 Å². The van der Waals surface area contributed by atoms with Gasteiger partial charge in [-0.25, -0.2) is 0 Å². The van der Waals surface area contributed by atoms with Crippen LogP contribution in [0.3, 0.4) is 0 Å². The van der Waals surface area contributed by atoms with Crippen LogP contribution in [0, 0.1) is 13.7 Å². The summed E-state index contributed by atoms with van der Waals surface area (Å²) in [4.78, 5) is 10.7. The standard InChI is InChI=1S/C19H14INO2/c20-17-13-16(11-12-18(17)21(22)23)19(14-7-3-1-4-8-14)15-9-5-2-6-10-15/h1-13,19H. The van der Waals surface area contributed by atoms with Crippen molar-refractivity contribution < 1.29 is 4.92 Å². The van der Waals surface area contributed by atoms with Crippen molar-refractivity contribution in [1.29, 1.82) is 0 Å². The molecule has 0 atom stereocenters. The van der Waals surface area contributed by atoms with Gasteiger partial charge in [0.25, 0.3) is 5.69 Å². The van der Waals surface area contributed by atoms with Crippen LogP contribution in [0.15, 0.2) is 78.9 Å². The molecule has 0 fully saturated rings. The molecule has 3 nitrogen and oxygen atoms in total. The van der Waals surface area contributed by atoms with Crippen molar-refractivity contribution in [3.05, 3.63) is 109 Å². The predicted molar refractivity (Wildman–Crippen MR) is 99.6 cm³/mol. The van der Waals surface area contributed by atoms with Crippen molar-refractivity contribution in [1.82, 2.24) is 0 Å². The highest BCUT2D eigenvalue weighted by molar-refractivity contribution is 14.1. The molecule has 0 saturated carbocycles. The van der Waals surface area contributed by atoms with Gasteiger partial charge in [-0.2, -0.15) is 0 Å². The van der Waals surface area contributed by atoms with Crippen LogP contribution in [0.5, 0.6) is 0 Å². The molecule has 3 aromatic carbocycles. The van der Waals surface area contributed by atoms with Gasteiger partial charge < -0.3 is 0 Å². The molecule has 0 saturated heterocycles. The van der Waals surface area contributed by atoms with Crippen molar-refractivity contribution in [2.45, 2.75) is 5.92 Å². The molecule has 0 radical (unpaired) electrons. The van der Waals surface area contributed by atoms with Crippen LogP contribution in [0.2, 0.25) is 0 Å². The summed E-state index contributed by atoms with van der Waals surface area (Å²) < 4.78 is 0.655. The van der Waals surface area contributed by atoms with Gasteiger partial charge in [0.2, 0.25) is 0 Å². The van der Waals surface area contributed by atoms with Gasteiger partial charge in [0.1, 0.15) is 0 Å². The molecule has 0 amide bonds. The first-order chi connectivity index (χ1) is 11.2. The van der Waals surface area contributed by atoms with Gasteiger partial charge in [-0.3, -0.25) is 10.1 Å². The van der Waals surface area contributed by atoms with E-state index in [2.05, 4.69) is 24.3 Å². The Bertz CT molecular complexity index is 780. The first kappa shape index (κ1) is 15.7. The molecule has 0 heterocycles. The summed E-state index contributed by atoms with van der Waals surface area (Å²) >= 11 is 2.03. The highest BCUT2D eigenvalue weighted by atomic mass is 127. The van der Waals surface area contributed by atoms with Crippen LogP contribution in [-0.4, -0.2) is 4.92 Å². The molecule has 3 rings (SSSR count). The number of hydrogen-bond acceptors (Lipinski definition) is 2. The SMILES string of the molecule is O=[N+]([O-])c1ccc(C(c2ccccc2)c2ccccc2)cc1I. The quantitative estimate of drug-likeness (QED) is 0.249. The maximum absolute atomic E-state index is 11.0. The summed E-state index contributed by atoms with van der Waals surface area (Å²) in [6, 6.07) is 25.8. The Kier molecular flexibility index (Phi) is 4.71. The van der Waals surface area contributed by atoms with Crippen LogP contribution in [0.25, 0.3) is 0 Å². The molecule has 3 aromatic rings. The van der Waals surface area contributed by atoms with Gasteiger partial charge in [-0.05, 0) is 45.3 Å². The molecular weight excluding hydrogens is 401 g/mol. The Labute approximate surface area is 148 Å². The minimum absolute atomic E-state index is 0.0618. The fourth-order valence-electron chi connectivity index (χ4n) is 2.72. The molecule has 114 valence electrons. The van der Waals surface area contributed by atoms with Gasteiger partial charge in [-0.15, -0.1) is 0 Å². The Balaban J connectivity index is 2.13. The lowest BCUT2D eigenvalue weighted by atomic mass is 9.85. The number of nitro groups is 1. The summed E-state index contributed by atoms with van der Waals surface area (Å²) in [6.07, 6.45) is 0. The minimum Gasteiger partial charge on any atom is -0.258 e. The Hall–Kier alpha value is -2.21. The van der Waals surface area contributed by atoms with E-state index >= 15 is 0 Å². The molecule has 0 N–H and O–H groups in total. The maximum Gasteiger partial charge on any atom is 0.282 e. The molecule has 0 unspecified atom stereocenters. The summed E-state index contributed by atoms with van der Waals surface area (Å²) in [6.45, 7) is 0. The van der Waals surface area contributed by atoms with E-state index in [0.29, 0.717) is 3.57 Å². The van der Waals surface area contributed by atoms with Crippen LogP contribution >= 0.6 is 22.6 Å². The first-order valence-corrected chi connectivity index (χ1v) is 8.28. The molecule has 0 aliphatic carbocycles. The van der Waals surface area contributed by atoms with Gasteiger partial charge in [-0.1, -0.05) is 66.7 Å². The lowest BCUT2D eigenvalue weighted by molar-refractivity contribution is -0.385. The monoisotopic (exact) mass is 415 g/mol. The number of nitrogens with zero attached hydrogens (tertiary/aromatic N) is 1. The lowest BCUT2D eigenvalue weighted by Gasteiger charge is -2.19. The van der Waals surface area contributed by atoms with Crippen LogP contribution in [0.4, 0.5) is 5.69 Å². The normalized spacial score (nSPS) is 10.7. The smallest absolute Gasteiger partial charge is 0.258 e. The van der Waals surface area contributed by atoms with Crippen LogP contribution in [-0.2, 0) is 0 Å². The number of rotatable bonds is 4. The minimum atomic E-state index is -0.342. The third kappa shape index (κ3) is 3.42. The highest BCUT2D eigenvalue weighted by Gasteiger charge is 2.19. The lowest BCUT2D eigenvalue weighted by Crippen LogP contribution is -2.04. The van der Waals surface area contributed by atoms with E-state index in [9.17, 15) is 10.1 Å². The first-order valence-electron chi connectivity index (χ1n) is 7.20. The Morgan fingerprint density at radius 3 is 1.74 bits per heavy atom. The number of hydrogen-bond donors (Lipinski definition) is 0. The van der Waals surface area contributed by atoms with Gasteiger partial charge >= 0.3 is 0 Å². The summed E-state index contributed by atoms with van der Waals surface area (Å²) in [7, 11) is 0. The molecule has 0 aliphatic rings. The summed E-state index contributed by atoms with van der Waals surface area (Å²) in [5.41, 5.74) is 3.54. The second-order valence-corrected chi connectivity index (χ2v) is 6.38. The van der Waals surface area contributed by atoms with Crippen LogP contribution < -0.4 is 0 Å². The van der Waals surface area contributed by atoms with Crippen molar-refractivity contribution in [2.24, 2.45) is 0 Å².